The first-order chi connectivity index (χ1) is 25.0. The van der Waals surface area contributed by atoms with Crippen molar-refractivity contribution < 1.29 is 0 Å². The Morgan fingerprint density at radius 2 is 1.00 bits per heavy atom. The molecule has 0 saturated heterocycles. The van der Waals surface area contributed by atoms with Crippen molar-refractivity contribution in [3.8, 4) is 56.2 Å². The lowest BCUT2D eigenvalue weighted by Crippen LogP contribution is -2.14. The third kappa shape index (κ3) is 4.79. The topological polar surface area (TPSA) is 25.8 Å². The normalized spacial score (nSPS) is 13.1. The lowest BCUT2D eigenvalue weighted by atomic mass is 9.82. The van der Waals surface area contributed by atoms with E-state index in [0.717, 1.165) is 33.9 Å². The third-order valence-electron chi connectivity index (χ3n) is 10.9. The first-order valence-corrected chi connectivity index (χ1v) is 17.7. The minimum atomic E-state index is -0.0857. The van der Waals surface area contributed by atoms with Gasteiger partial charge in [-0.25, -0.2) is 9.97 Å². The Morgan fingerprint density at radius 3 is 1.82 bits per heavy atom. The van der Waals surface area contributed by atoms with Crippen LogP contribution in [0.5, 0.6) is 0 Å². The molecule has 1 aromatic heterocycles. The third-order valence-corrected chi connectivity index (χ3v) is 10.9. The zero-order valence-electron chi connectivity index (χ0n) is 28.6. The predicted octanol–water partition coefficient (Wildman–Crippen LogP) is 12.9. The second-order valence-electron chi connectivity index (χ2n) is 14.2. The van der Waals surface area contributed by atoms with Gasteiger partial charge in [-0.1, -0.05) is 159 Å². The van der Waals surface area contributed by atoms with Gasteiger partial charge in [-0.2, -0.15) is 0 Å². The van der Waals surface area contributed by atoms with E-state index in [2.05, 4.69) is 166 Å². The van der Waals surface area contributed by atoms with Gasteiger partial charge in [0.1, 0.15) is 0 Å². The minimum Gasteiger partial charge on any atom is -0.228 e. The van der Waals surface area contributed by atoms with E-state index in [0.29, 0.717) is 0 Å². The fraction of sp³-hybridized carbons (Fsp3) is 0.0612. The summed E-state index contributed by atoms with van der Waals surface area (Å²) in [5.41, 5.74) is 12.7. The van der Waals surface area contributed by atoms with Crippen molar-refractivity contribution in [2.24, 2.45) is 0 Å². The van der Waals surface area contributed by atoms with E-state index in [1.165, 1.54) is 65.7 Å². The van der Waals surface area contributed by atoms with Gasteiger partial charge >= 0.3 is 0 Å². The van der Waals surface area contributed by atoms with Gasteiger partial charge in [0.15, 0.2) is 5.82 Å². The minimum absolute atomic E-state index is 0.0857. The number of nitrogens with zero attached hydrogens (tertiary/aromatic N) is 2. The van der Waals surface area contributed by atoms with Gasteiger partial charge in [-0.05, 0) is 90.0 Å². The molecule has 0 spiro atoms. The lowest BCUT2D eigenvalue weighted by molar-refractivity contribution is 0.660. The van der Waals surface area contributed by atoms with Crippen molar-refractivity contribution in [1.29, 1.82) is 0 Å². The first kappa shape index (κ1) is 29.5. The van der Waals surface area contributed by atoms with E-state index in [1.807, 2.05) is 18.2 Å². The van der Waals surface area contributed by atoms with Crippen LogP contribution in [0.3, 0.4) is 0 Å². The Balaban J connectivity index is 1.07. The molecule has 1 aliphatic carbocycles. The van der Waals surface area contributed by atoms with Crippen LogP contribution in [0, 0.1) is 0 Å². The van der Waals surface area contributed by atoms with Crippen molar-refractivity contribution in [2.75, 3.05) is 0 Å². The largest absolute Gasteiger partial charge is 0.228 e. The van der Waals surface area contributed by atoms with Gasteiger partial charge in [0.2, 0.25) is 0 Å². The number of rotatable bonds is 4. The molecular weight excluding hydrogens is 617 g/mol. The van der Waals surface area contributed by atoms with E-state index < -0.39 is 0 Å². The summed E-state index contributed by atoms with van der Waals surface area (Å²) in [6.07, 6.45) is 0. The molecular formula is C49H34N2. The monoisotopic (exact) mass is 650 g/mol. The predicted molar refractivity (Wildman–Crippen MR) is 214 cm³/mol. The van der Waals surface area contributed by atoms with Crippen LogP contribution in [0.15, 0.2) is 170 Å². The Kier molecular flexibility index (Phi) is 6.56. The highest BCUT2D eigenvalue weighted by atomic mass is 14.9. The van der Waals surface area contributed by atoms with Crippen LogP contribution in [-0.2, 0) is 5.41 Å². The molecule has 9 aromatic rings. The molecule has 0 aliphatic heterocycles. The molecule has 240 valence electrons. The molecule has 0 radical (unpaired) electrons. The molecule has 1 aliphatic rings. The highest BCUT2D eigenvalue weighted by molar-refractivity contribution is 6.15. The Morgan fingerprint density at radius 1 is 0.353 bits per heavy atom. The number of hydrogen-bond acceptors (Lipinski definition) is 2. The number of fused-ring (bicyclic) bond motifs is 7. The Hall–Kier alpha value is -6.38. The van der Waals surface area contributed by atoms with Crippen molar-refractivity contribution >= 4 is 32.3 Å². The summed E-state index contributed by atoms with van der Waals surface area (Å²) in [7, 11) is 0. The van der Waals surface area contributed by atoms with Crippen molar-refractivity contribution in [1.82, 2.24) is 9.97 Å². The maximum atomic E-state index is 5.15. The van der Waals surface area contributed by atoms with Crippen LogP contribution in [0.1, 0.15) is 25.0 Å². The maximum absolute atomic E-state index is 5.15. The summed E-state index contributed by atoms with van der Waals surface area (Å²) in [5.74, 6) is 0.726. The van der Waals surface area contributed by atoms with Crippen LogP contribution in [0.2, 0.25) is 0 Å². The van der Waals surface area contributed by atoms with Crippen molar-refractivity contribution in [3.05, 3.63) is 181 Å². The van der Waals surface area contributed by atoms with Crippen molar-refractivity contribution in [3.63, 3.8) is 0 Å². The molecule has 2 nitrogen and oxygen atoms in total. The molecule has 1 heterocycles. The zero-order chi connectivity index (χ0) is 34.1. The quantitative estimate of drug-likeness (QED) is 0.140. The standard InChI is InChI=1S/C49H34N2/c1-49(2)44-18-9-8-15-41(44)42-26-24-37(29-45(42)49)47-30-46(50-48(51-47)33-11-4-3-5-12-33)32-21-19-31(20-22-32)38-16-10-17-39-40(38)25-23-36-27-34-13-6-7-14-35(34)28-43(36)39/h3-30H,1-2H3. The van der Waals surface area contributed by atoms with E-state index in [9.17, 15) is 0 Å². The van der Waals surface area contributed by atoms with Crippen LogP contribution < -0.4 is 0 Å². The van der Waals surface area contributed by atoms with Crippen LogP contribution >= 0.6 is 0 Å². The first-order valence-electron chi connectivity index (χ1n) is 17.7. The SMILES string of the molecule is CC1(C)c2ccccc2-c2ccc(-c3cc(-c4ccc(-c5cccc6c5ccc5cc7ccccc7cc56)cc4)nc(-c4ccccc4)n3)cc21. The summed E-state index contributed by atoms with van der Waals surface area (Å²) in [4.78, 5) is 10.3. The highest BCUT2D eigenvalue weighted by Crippen LogP contribution is 2.49. The summed E-state index contributed by atoms with van der Waals surface area (Å²) in [6, 6.07) is 61.3. The van der Waals surface area contributed by atoms with Gasteiger partial charge in [-0.15, -0.1) is 0 Å². The molecule has 0 amide bonds. The second kappa shape index (κ2) is 11.3. The fourth-order valence-corrected chi connectivity index (χ4v) is 8.18. The number of aromatic nitrogens is 2. The van der Waals surface area contributed by atoms with E-state index >= 15 is 0 Å². The second-order valence-corrected chi connectivity index (χ2v) is 14.2. The zero-order valence-corrected chi connectivity index (χ0v) is 28.6. The average molecular weight is 651 g/mol. The summed E-state index contributed by atoms with van der Waals surface area (Å²) in [6.45, 7) is 4.65. The molecule has 2 heteroatoms. The molecule has 0 bridgehead atoms. The molecule has 10 rings (SSSR count). The van der Waals surface area contributed by atoms with Gasteiger partial charge in [-0.3, -0.25) is 0 Å². The molecule has 0 atom stereocenters. The summed E-state index contributed by atoms with van der Waals surface area (Å²) in [5, 5.41) is 7.60. The molecule has 0 unspecified atom stereocenters. The van der Waals surface area contributed by atoms with Gasteiger partial charge in [0.05, 0.1) is 11.4 Å². The lowest BCUT2D eigenvalue weighted by Gasteiger charge is -2.22. The molecule has 0 N–H and O–H groups in total. The number of benzene rings is 8. The number of hydrogen-bond donors (Lipinski definition) is 0. The molecule has 51 heavy (non-hydrogen) atoms. The van der Waals surface area contributed by atoms with E-state index in [1.54, 1.807) is 0 Å². The van der Waals surface area contributed by atoms with E-state index in [4.69, 9.17) is 9.97 Å². The maximum Gasteiger partial charge on any atom is 0.160 e. The fourth-order valence-electron chi connectivity index (χ4n) is 8.18. The Labute approximate surface area is 297 Å². The van der Waals surface area contributed by atoms with Gasteiger partial charge in [0, 0.05) is 22.1 Å². The van der Waals surface area contributed by atoms with Crippen molar-refractivity contribution in [2.45, 2.75) is 19.3 Å². The smallest absolute Gasteiger partial charge is 0.160 e. The van der Waals surface area contributed by atoms with Crippen LogP contribution in [0.4, 0.5) is 0 Å². The average Bonchev–Trinajstić information content (AvgIpc) is 3.42. The van der Waals surface area contributed by atoms with Gasteiger partial charge < -0.3 is 0 Å². The molecule has 0 fully saturated rings. The summed E-state index contributed by atoms with van der Waals surface area (Å²) < 4.78 is 0. The summed E-state index contributed by atoms with van der Waals surface area (Å²) >= 11 is 0. The molecule has 0 saturated carbocycles. The molecule has 8 aromatic carbocycles. The van der Waals surface area contributed by atoms with Crippen LogP contribution in [0.25, 0.3) is 88.5 Å². The highest BCUT2D eigenvalue weighted by Gasteiger charge is 2.35. The van der Waals surface area contributed by atoms with E-state index in [-0.39, 0.29) is 5.41 Å². The van der Waals surface area contributed by atoms with Gasteiger partial charge in [0.25, 0.3) is 0 Å². The van der Waals surface area contributed by atoms with Crippen LogP contribution in [-0.4, -0.2) is 9.97 Å². The Bertz CT molecular complexity index is 2810.